The number of Topliss-reactive ketones (excluding diaryl/α,β-unsaturated/α-hetero) is 2. The average Bonchev–Trinajstić information content (AvgIpc) is 4.05. The van der Waals surface area contributed by atoms with E-state index in [1.165, 1.54) is 16.2 Å². The van der Waals surface area contributed by atoms with Gasteiger partial charge in [-0.1, -0.05) is 90.1 Å². The van der Waals surface area contributed by atoms with E-state index in [2.05, 4.69) is 89.8 Å². The zero-order valence-corrected chi connectivity index (χ0v) is 45.8. The number of ketones is 2. The van der Waals surface area contributed by atoms with E-state index < -0.39 is 22.6 Å². The molecule has 2 atom stereocenters. The summed E-state index contributed by atoms with van der Waals surface area (Å²) in [5.41, 5.74) is 8.68. The van der Waals surface area contributed by atoms with Crippen molar-refractivity contribution in [3.8, 4) is 0 Å². The van der Waals surface area contributed by atoms with Gasteiger partial charge in [0.1, 0.15) is 11.6 Å². The van der Waals surface area contributed by atoms with Gasteiger partial charge in [0.05, 0.1) is 36.2 Å². The van der Waals surface area contributed by atoms with Crippen LogP contribution in [0.25, 0.3) is 21.5 Å². The molecule has 4 aromatic heterocycles. The Labute approximate surface area is 422 Å². The number of nitrogens with zero attached hydrogens (tertiary/aromatic N) is 3. The summed E-state index contributed by atoms with van der Waals surface area (Å²) in [7, 11) is -3.75. The number of amides is 2. The fourth-order valence-electron chi connectivity index (χ4n) is 7.73. The number of nitrogens with two attached hydrogens (primary N) is 1. The van der Waals surface area contributed by atoms with Crippen LogP contribution in [0.4, 0.5) is 0 Å². The molecular weight excluding hydrogens is 945 g/mol. The summed E-state index contributed by atoms with van der Waals surface area (Å²) in [5, 5.41) is 4.46. The van der Waals surface area contributed by atoms with E-state index in [1.54, 1.807) is 54.2 Å². The maximum Gasteiger partial charge on any atom is 0.261 e. The number of carbonyl (C=O) groups is 4. The SMILES string of the molecule is CC(C)(C)[Si](C)(C)OCc1ccc(C(CN)C(=O)Cc2ccc3cnccc3c2)s1.CC(C)(C)[Si](C)(C)OCc1ccc(C(CN2C(=O)c3ccccc3C2=O)C(=O)Cc2ccc3cnccc3c2)s1. The third-order valence-corrected chi connectivity index (χ3v) is 25.5. The van der Waals surface area contributed by atoms with Gasteiger partial charge >= 0.3 is 0 Å². The molecular formula is C56H66N4O6S2Si2. The molecule has 366 valence electrons. The molecule has 2 N–H and O–H groups in total. The van der Waals surface area contributed by atoms with Crippen LogP contribution in [0.15, 0.2) is 122 Å². The minimum absolute atomic E-state index is 0.00568. The van der Waals surface area contributed by atoms with Crippen molar-refractivity contribution in [1.82, 2.24) is 14.9 Å². The van der Waals surface area contributed by atoms with Crippen molar-refractivity contribution < 1.29 is 28.0 Å². The third-order valence-electron chi connectivity index (χ3n) is 14.2. The van der Waals surface area contributed by atoms with Crippen LogP contribution in [0.1, 0.15) is 105 Å². The first-order chi connectivity index (χ1) is 33.0. The molecule has 0 bridgehead atoms. The zero-order chi connectivity index (χ0) is 50.6. The fraction of sp³-hybridized carbons (Fsp3) is 0.357. The lowest BCUT2D eigenvalue weighted by Gasteiger charge is -2.36. The maximum atomic E-state index is 13.9. The Morgan fingerprint density at radius 2 is 1.03 bits per heavy atom. The van der Waals surface area contributed by atoms with Gasteiger partial charge in [0, 0.05) is 81.0 Å². The number of pyridine rings is 2. The highest BCUT2D eigenvalue weighted by molar-refractivity contribution is 7.12. The molecule has 0 aliphatic carbocycles. The minimum Gasteiger partial charge on any atom is -0.412 e. The normalized spacial score (nSPS) is 14.1. The van der Waals surface area contributed by atoms with E-state index in [9.17, 15) is 19.2 Å². The topological polar surface area (TPSA) is 142 Å². The second-order valence-corrected chi connectivity index (χ2v) is 33.2. The lowest BCUT2D eigenvalue weighted by atomic mass is 9.94. The van der Waals surface area contributed by atoms with Gasteiger partial charge in [0.2, 0.25) is 0 Å². The Bertz CT molecular complexity index is 2990. The van der Waals surface area contributed by atoms with Crippen LogP contribution in [-0.4, -0.2) is 68.0 Å². The molecule has 7 aromatic rings. The van der Waals surface area contributed by atoms with E-state index >= 15 is 0 Å². The van der Waals surface area contributed by atoms with Gasteiger partial charge in [-0.2, -0.15) is 0 Å². The molecule has 14 heteroatoms. The standard InChI is InChI=1S/C32H34N2O4SSi.C24H32N2O2SSi/c1-32(2,3)40(4,5)38-20-24-12-13-29(39-24)27(19-34-30(36)25-8-6-7-9-26(25)31(34)37)28(35)17-21-10-11-23-18-33-15-14-22(23)16-21;1-24(2,3)30(4,5)28-16-20-8-9-23(29-20)21(14-25)22(27)13-17-6-7-19-15-26-11-10-18(19)12-17/h6-16,18,27H,17,19-20H2,1-5H3;6-12,15,21H,13-14,16,25H2,1-5H3. The Morgan fingerprint density at radius 3 is 1.46 bits per heavy atom. The zero-order valence-electron chi connectivity index (χ0n) is 42.1. The molecule has 0 spiro atoms. The largest absolute Gasteiger partial charge is 0.412 e. The Balaban J connectivity index is 0.000000215. The van der Waals surface area contributed by atoms with Crippen molar-refractivity contribution in [2.45, 2.75) is 116 Å². The molecule has 0 radical (unpaired) electrons. The van der Waals surface area contributed by atoms with Crippen molar-refractivity contribution in [2.24, 2.45) is 5.73 Å². The van der Waals surface area contributed by atoms with Crippen molar-refractivity contribution >= 4 is 84.2 Å². The number of imide groups is 1. The van der Waals surface area contributed by atoms with Gasteiger partial charge in [-0.05, 0) is 107 Å². The van der Waals surface area contributed by atoms with Gasteiger partial charge in [-0.3, -0.25) is 34.0 Å². The molecule has 0 saturated heterocycles. The Morgan fingerprint density at radius 1 is 0.600 bits per heavy atom. The number of thiophene rings is 2. The van der Waals surface area contributed by atoms with Crippen LogP contribution in [0.3, 0.4) is 0 Å². The molecule has 3 aromatic carbocycles. The molecule has 0 fully saturated rings. The lowest BCUT2D eigenvalue weighted by Crippen LogP contribution is -2.40. The molecule has 8 rings (SSSR count). The van der Waals surface area contributed by atoms with Crippen LogP contribution in [0.2, 0.25) is 36.3 Å². The number of carbonyl (C=O) groups excluding carboxylic acids is 4. The van der Waals surface area contributed by atoms with Crippen molar-refractivity contribution in [3.05, 3.63) is 164 Å². The molecule has 10 nitrogen and oxygen atoms in total. The van der Waals surface area contributed by atoms with Gasteiger partial charge < -0.3 is 14.6 Å². The predicted octanol–water partition coefficient (Wildman–Crippen LogP) is 12.7. The highest BCUT2D eigenvalue weighted by Crippen LogP contribution is 2.40. The highest BCUT2D eigenvalue weighted by atomic mass is 32.1. The van der Waals surface area contributed by atoms with Crippen LogP contribution >= 0.6 is 22.7 Å². The minimum atomic E-state index is -1.95. The van der Waals surface area contributed by atoms with E-state index in [0.717, 1.165) is 52.2 Å². The smallest absolute Gasteiger partial charge is 0.261 e. The average molecular weight is 1010 g/mol. The molecule has 70 heavy (non-hydrogen) atoms. The quantitative estimate of drug-likeness (QED) is 0.0697. The molecule has 1 aliphatic rings. The van der Waals surface area contributed by atoms with Crippen LogP contribution in [0, 0.1) is 0 Å². The van der Waals surface area contributed by atoms with Gasteiger partial charge in [0.25, 0.3) is 11.8 Å². The van der Waals surface area contributed by atoms with Gasteiger partial charge in [-0.15, -0.1) is 22.7 Å². The third kappa shape index (κ3) is 12.2. The van der Waals surface area contributed by atoms with E-state index in [4.69, 9.17) is 14.6 Å². The highest BCUT2D eigenvalue weighted by Gasteiger charge is 2.40. The number of benzene rings is 3. The number of hydrogen-bond donors (Lipinski definition) is 1. The van der Waals surface area contributed by atoms with Gasteiger partial charge in [-0.25, -0.2) is 0 Å². The van der Waals surface area contributed by atoms with E-state index in [1.807, 2.05) is 66.9 Å². The summed E-state index contributed by atoms with van der Waals surface area (Å²) in [6.45, 7) is 23.7. The van der Waals surface area contributed by atoms with Gasteiger partial charge in [0.15, 0.2) is 16.6 Å². The maximum absolute atomic E-state index is 13.9. The summed E-state index contributed by atoms with van der Waals surface area (Å²) < 4.78 is 12.8. The summed E-state index contributed by atoms with van der Waals surface area (Å²) >= 11 is 3.17. The lowest BCUT2D eigenvalue weighted by molar-refractivity contribution is -0.120. The van der Waals surface area contributed by atoms with Crippen LogP contribution in [-0.2, 0) is 44.5 Å². The summed E-state index contributed by atoms with van der Waals surface area (Å²) in [4.78, 5) is 66.9. The van der Waals surface area contributed by atoms with E-state index in [0.29, 0.717) is 37.3 Å². The number of fused-ring (bicyclic) bond motifs is 3. The first-order valence-electron chi connectivity index (χ1n) is 23.9. The fourth-order valence-corrected chi connectivity index (χ4v) is 11.9. The molecule has 2 unspecified atom stereocenters. The number of aromatic nitrogens is 2. The predicted molar refractivity (Wildman–Crippen MR) is 290 cm³/mol. The van der Waals surface area contributed by atoms with Crippen molar-refractivity contribution in [1.29, 1.82) is 0 Å². The first-order valence-corrected chi connectivity index (χ1v) is 31.3. The second kappa shape index (κ2) is 21.6. The molecule has 2 amide bonds. The Hall–Kier alpha value is -5.33. The molecule has 0 saturated carbocycles. The Kier molecular flexibility index (Phi) is 16.2. The van der Waals surface area contributed by atoms with Crippen molar-refractivity contribution in [3.63, 3.8) is 0 Å². The number of rotatable bonds is 17. The van der Waals surface area contributed by atoms with Crippen molar-refractivity contribution in [2.75, 3.05) is 13.1 Å². The summed E-state index contributed by atoms with van der Waals surface area (Å²) in [5.74, 6) is -1.50. The van der Waals surface area contributed by atoms with E-state index in [-0.39, 0.29) is 52.3 Å². The summed E-state index contributed by atoms with van der Waals surface area (Å²) in [6.07, 6.45) is 7.72. The second-order valence-electron chi connectivity index (χ2n) is 21.2. The first kappa shape index (κ1) is 52.5. The van der Waals surface area contributed by atoms with Crippen LogP contribution in [0.5, 0.6) is 0 Å². The monoisotopic (exact) mass is 1010 g/mol. The molecule has 5 heterocycles. The molecule has 1 aliphatic heterocycles. The van der Waals surface area contributed by atoms with Crippen LogP contribution < -0.4 is 5.73 Å². The summed E-state index contributed by atoms with van der Waals surface area (Å²) in [6, 6.07) is 30.8. The number of hydrogen-bond acceptors (Lipinski definition) is 11.